The van der Waals surface area contributed by atoms with Crippen LogP contribution in [-0.4, -0.2) is 0 Å². The van der Waals surface area contributed by atoms with Crippen molar-refractivity contribution in [2.24, 2.45) is 0 Å². The predicted octanol–water partition coefficient (Wildman–Crippen LogP) is 3.65. The van der Waals surface area contributed by atoms with Crippen molar-refractivity contribution >= 4 is 44.8 Å². The normalized spacial score (nSPS) is 10.2. The number of benzene rings is 1. The molecule has 0 aliphatic rings. The topological polar surface area (TPSA) is 26.0 Å². The third-order valence-corrected chi connectivity index (χ3v) is 3.25. The van der Waals surface area contributed by atoms with E-state index in [1.54, 1.807) is 6.07 Å². The van der Waals surface area contributed by atoms with Gasteiger partial charge in [-0.1, -0.05) is 23.2 Å². The fraction of sp³-hybridized carbons (Fsp3) is 0.143. The first-order valence-electron chi connectivity index (χ1n) is 2.93. The molecule has 0 amide bonds. The van der Waals surface area contributed by atoms with Gasteiger partial charge < -0.3 is 5.73 Å². The molecule has 0 atom stereocenters. The molecule has 1 aromatic carbocycles. The van der Waals surface area contributed by atoms with Crippen LogP contribution in [0.5, 0.6) is 0 Å². The molecule has 1 aromatic rings. The zero-order chi connectivity index (χ0) is 8.59. The molecule has 4 heteroatoms. The Balaban J connectivity index is 3.46. The average molecular weight is 255 g/mol. The van der Waals surface area contributed by atoms with Gasteiger partial charge in [0, 0.05) is 0 Å². The molecule has 0 saturated carbocycles. The minimum Gasteiger partial charge on any atom is -0.398 e. The molecule has 0 aromatic heterocycles. The number of nitrogen functional groups attached to an aromatic ring is 1. The maximum absolute atomic E-state index is 5.80. The van der Waals surface area contributed by atoms with Gasteiger partial charge in [-0.2, -0.15) is 0 Å². The lowest BCUT2D eigenvalue weighted by molar-refractivity contribution is 1.45. The van der Waals surface area contributed by atoms with Gasteiger partial charge in [-0.25, -0.2) is 0 Å². The molecule has 0 aliphatic heterocycles. The molecular weight excluding hydrogens is 249 g/mol. The van der Waals surface area contributed by atoms with E-state index in [0.29, 0.717) is 20.2 Å². The number of anilines is 1. The van der Waals surface area contributed by atoms with Crippen LogP contribution in [0, 0.1) is 6.92 Å². The first-order chi connectivity index (χ1) is 5.04. The second-order valence-corrected chi connectivity index (χ2v) is 3.80. The van der Waals surface area contributed by atoms with E-state index in [1.165, 1.54) is 0 Å². The summed E-state index contributed by atoms with van der Waals surface area (Å²) in [6, 6.07) is 1.74. The van der Waals surface area contributed by atoms with E-state index >= 15 is 0 Å². The molecule has 0 saturated heterocycles. The first-order valence-corrected chi connectivity index (χ1v) is 4.48. The Hall–Kier alpha value is 0.0800. The molecule has 0 aliphatic carbocycles. The van der Waals surface area contributed by atoms with Crippen molar-refractivity contribution in [1.29, 1.82) is 0 Å². The second-order valence-electron chi connectivity index (χ2n) is 2.22. The second kappa shape index (κ2) is 3.21. The molecule has 0 spiro atoms. The van der Waals surface area contributed by atoms with E-state index < -0.39 is 0 Å². The van der Waals surface area contributed by atoms with Crippen molar-refractivity contribution in [1.82, 2.24) is 0 Å². The van der Waals surface area contributed by atoms with Gasteiger partial charge in [0.25, 0.3) is 0 Å². The van der Waals surface area contributed by atoms with E-state index in [4.69, 9.17) is 28.9 Å². The van der Waals surface area contributed by atoms with Crippen LogP contribution >= 0.6 is 39.1 Å². The van der Waals surface area contributed by atoms with Gasteiger partial charge in [-0.3, -0.25) is 0 Å². The summed E-state index contributed by atoms with van der Waals surface area (Å²) in [6.07, 6.45) is 0. The third kappa shape index (κ3) is 1.63. The van der Waals surface area contributed by atoms with Crippen LogP contribution in [0.4, 0.5) is 5.69 Å². The van der Waals surface area contributed by atoms with E-state index in [-0.39, 0.29) is 0 Å². The minimum absolute atomic E-state index is 0.467. The fourth-order valence-electron chi connectivity index (χ4n) is 0.727. The van der Waals surface area contributed by atoms with Gasteiger partial charge in [0.1, 0.15) is 0 Å². The molecule has 0 bridgehead atoms. The Morgan fingerprint density at radius 1 is 1.45 bits per heavy atom. The first kappa shape index (κ1) is 9.17. The van der Waals surface area contributed by atoms with E-state index in [9.17, 15) is 0 Å². The molecule has 0 unspecified atom stereocenters. The highest BCUT2D eigenvalue weighted by Gasteiger charge is 2.08. The van der Waals surface area contributed by atoms with Crippen LogP contribution in [0.25, 0.3) is 0 Å². The molecule has 1 nitrogen and oxygen atoms in total. The lowest BCUT2D eigenvalue weighted by Crippen LogP contribution is -1.91. The van der Waals surface area contributed by atoms with E-state index in [0.717, 1.165) is 5.56 Å². The lowest BCUT2D eigenvalue weighted by atomic mass is 10.2. The quantitative estimate of drug-likeness (QED) is 0.555. The summed E-state index contributed by atoms with van der Waals surface area (Å²) in [4.78, 5) is 0. The van der Waals surface area contributed by atoms with E-state index in [1.807, 2.05) is 6.92 Å². The Labute approximate surface area is 83.6 Å². The number of rotatable bonds is 0. The number of hydrogen-bond donors (Lipinski definition) is 1. The molecule has 0 radical (unpaired) electrons. The van der Waals surface area contributed by atoms with Gasteiger partial charge >= 0.3 is 0 Å². The Morgan fingerprint density at radius 3 is 2.55 bits per heavy atom. The smallest absolute Gasteiger partial charge is 0.0755 e. The Bertz CT molecular complexity index is 273. The maximum atomic E-state index is 5.80. The molecular formula is C7H6BrCl2N. The SMILES string of the molecule is Cc1cc(Cl)c(Cl)c(Br)c1N. The molecule has 11 heavy (non-hydrogen) atoms. The fourth-order valence-corrected chi connectivity index (χ4v) is 1.78. The van der Waals surface area contributed by atoms with Crippen LogP contribution in [0.2, 0.25) is 10.0 Å². The summed E-state index contributed by atoms with van der Waals surface area (Å²) < 4.78 is 0.671. The maximum Gasteiger partial charge on any atom is 0.0755 e. The van der Waals surface area contributed by atoms with Gasteiger partial charge in [0.15, 0.2) is 0 Å². The van der Waals surface area contributed by atoms with Gasteiger partial charge in [-0.05, 0) is 34.5 Å². The van der Waals surface area contributed by atoms with Crippen molar-refractivity contribution < 1.29 is 0 Å². The van der Waals surface area contributed by atoms with Crippen molar-refractivity contribution in [2.75, 3.05) is 5.73 Å². The number of hydrogen-bond acceptors (Lipinski definition) is 1. The minimum atomic E-state index is 0.467. The molecule has 60 valence electrons. The standard InChI is InChI=1S/C7H6BrCl2N/c1-3-2-4(9)6(10)5(8)7(3)11/h2H,11H2,1H3. The van der Waals surface area contributed by atoms with Crippen molar-refractivity contribution in [3.63, 3.8) is 0 Å². The van der Waals surface area contributed by atoms with Crippen LogP contribution < -0.4 is 5.73 Å². The molecule has 2 N–H and O–H groups in total. The van der Waals surface area contributed by atoms with Crippen LogP contribution in [0.3, 0.4) is 0 Å². The highest BCUT2D eigenvalue weighted by Crippen LogP contribution is 2.36. The number of nitrogens with two attached hydrogens (primary N) is 1. The molecule has 0 heterocycles. The summed E-state index contributed by atoms with van der Waals surface area (Å²) in [5.74, 6) is 0. The van der Waals surface area contributed by atoms with Gasteiger partial charge in [-0.15, -0.1) is 0 Å². The van der Waals surface area contributed by atoms with Gasteiger partial charge in [0.05, 0.1) is 20.2 Å². The average Bonchev–Trinajstić information content (AvgIpc) is 1.97. The van der Waals surface area contributed by atoms with Crippen LogP contribution in [-0.2, 0) is 0 Å². The summed E-state index contributed by atoms with van der Waals surface area (Å²) in [5, 5.41) is 0.986. The summed E-state index contributed by atoms with van der Waals surface area (Å²) >= 11 is 14.8. The number of aryl methyl sites for hydroxylation is 1. The third-order valence-electron chi connectivity index (χ3n) is 1.41. The monoisotopic (exact) mass is 253 g/mol. The Kier molecular flexibility index (Phi) is 2.68. The Morgan fingerprint density at radius 2 is 2.00 bits per heavy atom. The highest BCUT2D eigenvalue weighted by atomic mass is 79.9. The summed E-state index contributed by atoms with van der Waals surface area (Å²) in [7, 11) is 0. The molecule has 1 rings (SSSR count). The van der Waals surface area contributed by atoms with Crippen LogP contribution in [0.1, 0.15) is 5.56 Å². The molecule has 0 fully saturated rings. The zero-order valence-electron chi connectivity index (χ0n) is 5.79. The predicted molar refractivity (Wildman–Crippen MR) is 53.3 cm³/mol. The van der Waals surface area contributed by atoms with E-state index in [2.05, 4.69) is 15.9 Å². The zero-order valence-corrected chi connectivity index (χ0v) is 8.89. The highest BCUT2D eigenvalue weighted by molar-refractivity contribution is 9.10. The van der Waals surface area contributed by atoms with Gasteiger partial charge in [0.2, 0.25) is 0 Å². The largest absolute Gasteiger partial charge is 0.398 e. The number of halogens is 3. The van der Waals surface area contributed by atoms with Crippen molar-refractivity contribution in [3.05, 3.63) is 26.1 Å². The van der Waals surface area contributed by atoms with Crippen LogP contribution in [0.15, 0.2) is 10.5 Å². The van der Waals surface area contributed by atoms with Crippen molar-refractivity contribution in [3.8, 4) is 0 Å². The van der Waals surface area contributed by atoms with Crippen molar-refractivity contribution in [2.45, 2.75) is 6.92 Å². The summed E-state index contributed by atoms with van der Waals surface area (Å²) in [6.45, 7) is 1.88. The summed E-state index contributed by atoms with van der Waals surface area (Å²) in [5.41, 5.74) is 7.22. The lowest BCUT2D eigenvalue weighted by Gasteiger charge is -2.05.